The Morgan fingerprint density at radius 1 is 1.13 bits per heavy atom. The number of rotatable bonds is 5. The van der Waals surface area contributed by atoms with Crippen LogP contribution in [-0.2, 0) is 11.3 Å². The first-order valence-electron chi connectivity index (χ1n) is 10.7. The van der Waals surface area contributed by atoms with Crippen molar-refractivity contribution in [1.29, 1.82) is 0 Å². The molecule has 7 nitrogen and oxygen atoms in total. The second-order valence-corrected chi connectivity index (χ2v) is 8.33. The fourth-order valence-corrected chi connectivity index (χ4v) is 4.22. The van der Waals surface area contributed by atoms with Crippen molar-refractivity contribution in [2.75, 3.05) is 13.2 Å². The predicted molar refractivity (Wildman–Crippen MR) is 118 cm³/mol. The van der Waals surface area contributed by atoms with Gasteiger partial charge in [-0.25, -0.2) is 0 Å². The second-order valence-electron chi connectivity index (χ2n) is 8.33. The van der Waals surface area contributed by atoms with Crippen molar-refractivity contribution in [2.24, 2.45) is 0 Å². The molecule has 1 fully saturated rings. The summed E-state index contributed by atoms with van der Waals surface area (Å²) < 4.78 is 7.60. The summed E-state index contributed by atoms with van der Waals surface area (Å²) in [5.74, 6) is -0.00914. The van der Waals surface area contributed by atoms with Crippen LogP contribution in [0.1, 0.15) is 39.9 Å². The lowest BCUT2D eigenvalue weighted by molar-refractivity contribution is 0.0508. The van der Waals surface area contributed by atoms with Gasteiger partial charge in [-0.15, -0.1) is 5.10 Å². The number of pyridine rings is 1. The highest BCUT2D eigenvalue weighted by atomic mass is 16.5. The first-order chi connectivity index (χ1) is 15.1. The van der Waals surface area contributed by atoms with Crippen molar-refractivity contribution >= 4 is 22.5 Å². The molecule has 0 N–H and O–H groups in total. The molecule has 0 aliphatic carbocycles. The molecule has 0 spiro atoms. The molecule has 1 amide bonds. The maximum Gasteiger partial charge on any atom is 0.254 e. The first-order valence-corrected chi connectivity index (χ1v) is 10.7. The highest BCUT2D eigenvalue weighted by Crippen LogP contribution is 2.23. The Kier molecular flexibility index (Phi) is 5.11. The summed E-state index contributed by atoms with van der Waals surface area (Å²) in [5, 5.41) is 13.4. The summed E-state index contributed by atoms with van der Waals surface area (Å²) in [6.45, 7) is 5.79. The van der Waals surface area contributed by atoms with Crippen LogP contribution in [0.5, 0.6) is 0 Å². The minimum Gasteiger partial charge on any atom is -0.376 e. The van der Waals surface area contributed by atoms with Crippen molar-refractivity contribution in [3.63, 3.8) is 0 Å². The first kappa shape index (κ1) is 19.6. The Labute approximate surface area is 180 Å². The number of fused-ring (bicyclic) bond motifs is 3. The fourth-order valence-electron chi connectivity index (χ4n) is 4.22. The van der Waals surface area contributed by atoms with E-state index in [0.29, 0.717) is 24.3 Å². The summed E-state index contributed by atoms with van der Waals surface area (Å²) in [6.07, 6.45) is 2.06. The highest BCUT2D eigenvalue weighted by Gasteiger charge is 2.25. The van der Waals surface area contributed by atoms with E-state index in [1.165, 1.54) is 0 Å². The van der Waals surface area contributed by atoms with Gasteiger partial charge in [-0.2, -0.15) is 4.52 Å². The van der Waals surface area contributed by atoms with Gasteiger partial charge in [0, 0.05) is 36.2 Å². The van der Waals surface area contributed by atoms with E-state index in [4.69, 9.17) is 4.74 Å². The van der Waals surface area contributed by atoms with Crippen LogP contribution in [0.25, 0.3) is 16.6 Å². The van der Waals surface area contributed by atoms with Gasteiger partial charge in [0.25, 0.3) is 5.91 Å². The molecule has 1 unspecified atom stereocenters. The maximum atomic E-state index is 13.4. The zero-order valence-corrected chi connectivity index (χ0v) is 17.8. The number of nitrogens with zero attached hydrogens (tertiary/aromatic N) is 5. The number of aryl methyl sites for hydroxylation is 2. The van der Waals surface area contributed by atoms with Gasteiger partial charge in [-0.1, -0.05) is 29.8 Å². The van der Waals surface area contributed by atoms with Gasteiger partial charge in [-0.3, -0.25) is 4.79 Å². The summed E-state index contributed by atoms with van der Waals surface area (Å²) in [7, 11) is 0. The van der Waals surface area contributed by atoms with E-state index in [0.717, 1.165) is 47.0 Å². The number of hydrogen-bond donors (Lipinski definition) is 0. The lowest BCUT2D eigenvalue weighted by Gasteiger charge is -2.26. The fraction of sp³-hybridized carbons (Fsp3) is 0.333. The quantitative estimate of drug-likeness (QED) is 0.497. The SMILES string of the molecule is Cc1ccc(C(=O)N(Cc2cc3ccc(C)cc3n3nnnc23)CC2CCCO2)cc1. The largest absolute Gasteiger partial charge is 0.376 e. The molecule has 1 saturated heterocycles. The van der Waals surface area contributed by atoms with E-state index in [-0.39, 0.29) is 12.0 Å². The van der Waals surface area contributed by atoms with Crippen LogP contribution in [0.3, 0.4) is 0 Å². The van der Waals surface area contributed by atoms with Crippen LogP contribution < -0.4 is 0 Å². The van der Waals surface area contributed by atoms with Crippen LogP contribution >= 0.6 is 0 Å². The Morgan fingerprint density at radius 2 is 1.94 bits per heavy atom. The van der Waals surface area contributed by atoms with Gasteiger partial charge in [0.1, 0.15) is 0 Å². The van der Waals surface area contributed by atoms with E-state index in [9.17, 15) is 4.79 Å². The zero-order valence-electron chi connectivity index (χ0n) is 17.8. The molecule has 5 rings (SSSR count). The standard InChI is InChI=1S/C24H25N5O2/c1-16-5-8-18(9-6-16)24(30)28(15-21-4-3-11-31-21)14-20-13-19-10-7-17(2)12-22(19)29-23(20)25-26-27-29/h5-10,12-13,21H,3-4,11,14-15H2,1-2H3. The number of tetrazole rings is 1. The van der Waals surface area contributed by atoms with Gasteiger partial charge in [-0.05, 0) is 66.9 Å². The van der Waals surface area contributed by atoms with Crippen LogP contribution in [0.2, 0.25) is 0 Å². The smallest absolute Gasteiger partial charge is 0.254 e. The molecule has 7 heteroatoms. The Bertz CT molecular complexity index is 1240. The average Bonchev–Trinajstić information content (AvgIpc) is 3.46. The number of ether oxygens (including phenoxy) is 1. The molecule has 2 aromatic heterocycles. The number of carbonyl (C=O) groups excluding carboxylic acids is 1. The third kappa shape index (κ3) is 3.88. The second kappa shape index (κ2) is 8.07. The number of hydrogen-bond acceptors (Lipinski definition) is 5. The van der Waals surface area contributed by atoms with E-state index in [1.807, 2.05) is 43.0 Å². The van der Waals surface area contributed by atoms with Crippen molar-refractivity contribution in [1.82, 2.24) is 24.9 Å². The minimum absolute atomic E-state index is 0.00914. The molecule has 31 heavy (non-hydrogen) atoms. The molecule has 0 saturated carbocycles. The van der Waals surface area contributed by atoms with Crippen LogP contribution in [0.4, 0.5) is 0 Å². The van der Waals surface area contributed by atoms with E-state index < -0.39 is 0 Å². The van der Waals surface area contributed by atoms with Crippen molar-refractivity contribution in [3.8, 4) is 0 Å². The van der Waals surface area contributed by atoms with Crippen molar-refractivity contribution in [3.05, 3.63) is 70.8 Å². The van der Waals surface area contributed by atoms with Gasteiger partial charge in [0.05, 0.1) is 11.6 Å². The topological polar surface area (TPSA) is 72.6 Å². The number of amides is 1. The normalized spacial score (nSPS) is 16.3. The molecule has 4 aromatic rings. The van der Waals surface area contributed by atoms with E-state index >= 15 is 0 Å². The van der Waals surface area contributed by atoms with Crippen LogP contribution in [0.15, 0.2) is 48.5 Å². The molecule has 1 aliphatic rings. The van der Waals surface area contributed by atoms with E-state index in [2.05, 4.69) is 39.8 Å². The Hall–Kier alpha value is -3.32. The minimum atomic E-state index is -0.00914. The molecule has 0 radical (unpaired) electrons. The van der Waals surface area contributed by atoms with Gasteiger partial charge < -0.3 is 9.64 Å². The summed E-state index contributed by atoms with van der Waals surface area (Å²) in [4.78, 5) is 15.3. The summed E-state index contributed by atoms with van der Waals surface area (Å²) in [6, 6.07) is 16.0. The molecule has 1 aliphatic heterocycles. The molecule has 1 atom stereocenters. The lowest BCUT2D eigenvalue weighted by Crippen LogP contribution is -2.37. The van der Waals surface area contributed by atoms with Crippen LogP contribution in [0, 0.1) is 13.8 Å². The average molecular weight is 415 g/mol. The molecule has 2 aromatic carbocycles. The van der Waals surface area contributed by atoms with Gasteiger partial charge in [0.2, 0.25) is 0 Å². The van der Waals surface area contributed by atoms with E-state index in [1.54, 1.807) is 4.52 Å². The van der Waals surface area contributed by atoms with Crippen LogP contribution in [-0.4, -0.2) is 50.1 Å². The molecule has 158 valence electrons. The third-order valence-electron chi connectivity index (χ3n) is 5.90. The van der Waals surface area contributed by atoms with Crippen molar-refractivity contribution in [2.45, 2.75) is 39.3 Å². The third-order valence-corrected chi connectivity index (χ3v) is 5.90. The predicted octanol–water partition coefficient (Wildman–Crippen LogP) is 3.72. The number of benzene rings is 2. The Morgan fingerprint density at radius 3 is 2.71 bits per heavy atom. The number of carbonyl (C=O) groups is 1. The van der Waals surface area contributed by atoms with Crippen molar-refractivity contribution < 1.29 is 9.53 Å². The maximum absolute atomic E-state index is 13.4. The molecule has 3 heterocycles. The molecular formula is C24H25N5O2. The number of aromatic nitrogens is 4. The summed E-state index contributed by atoms with van der Waals surface area (Å²) in [5.41, 5.74) is 5.50. The highest BCUT2D eigenvalue weighted by molar-refractivity contribution is 5.94. The van der Waals surface area contributed by atoms with Gasteiger partial charge >= 0.3 is 0 Å². The molecular weight excluding hydrogens is 390 g/mol. The lowest BCUT2D eigenvalue weighted by atomic mass is 10.1. The molecule has 0 bridgehead atoms. The summed E-state index contributed by atoms with van der Waals surface area (Å²) >= 11 is 0. The Balaban J connectivity index is 1.54. The van der Waals surface area contributed by atoms with Gasteiger partial charge in [0.15, 0.2) is 5.65 Å². The monoisotopic (exact) mass is 415 g/mol. The zero-order chi connectivity index (χ0) is 21.4.